The van der Waals surface area contributed by atoms with Gasteiger partial charge in [-0.05, 0) is 13.0 Å². The Morgan fingerprint density at radius 2 is 2.05 bits per heavy atom. The molecule has 3 aliphatic rings. The Hall–Kier alpha value is -2.38. The maximum Gasteiger partial charge on any atom is 0.316 e. The number of hydrogen-bond acceptors (Lipinski definition) is 7. The smallest absolute Gasteiger partial charge is 0.316 e. The Kier molecular flexibility index (Phi) is 2.23. The van der Waals surface area contributed by atoms with Gasteiger partial charge in [0.05, 0.1) is 7.11 Å². The van der Waals surface area contributed by atoms with Crippen molar-refractivity contribution >= 4 is 11.6 Å². The number of carbonyl (C=O) groups is 2. The van der Waals surface area contributed by atoms with Crippen LogP contribution in [0.15, 0.2) is 24.0 Å². The summed E-state index contributed by atoms with van der Waals surface area (Å²) in [5.74, 6) is -2.90. The zero-order valence-corrected chi connectivity index (χ0v) is 11.7. The summed E-state index contributed by atoms with van der Waals surface area (Å²) in [5, 5.41) is 20.7. The lowest BCUT2D eigenvalue weighted by Crippen LogP contribution is -2.50. The van der Waals surface area contributed by atoms with Crippen molar-refractivity contribution in [2.45, 2.75) is 24.4 Å². The molecule has 114 valence electrons. The van der Waals surface area contributed by atoms with Gasteiger partial charge < -0.3 is 24.4 Å². The number of epoxide rings is 1. The van der Waals surface area contributed by atoms with Gasteiger partial charge in [0.25, 0.3) is 0 Å². The van der Waals surface area contributed by atoms with Gasteiger partial charge in [-0.1, -0.05) is 0 Å². The molecule has 2 heterocycles. The lowest BCUT2D eigenvalue weighted by atomic mass is 9.75. The van der Waals surface area contributed by atoms with E-state index in [0.717, 1.165) is 0 Å². The van der Waals surface area contributed by atoms with Gasteiger partial charge in [-0.3, -0.25) is 9.59 Å². The van der Waals surface area contributed by atoms with Crippen LogP contribution in [0.1, 0.15) is 28.9 Å². The van der Waals surface area contributed by atoms with E-state index < -0.39 is 29.1 Å². The molecule has 3 atom stereocenters. The molecule has 2 aliphatic heterocycles. The van der Waals surface area contributed by atoms with Gasteiger partial charge in [0.2, 0.25) is 17.2 Å². The van der Waals surface area contributed by atoms with Crippen LogP contribution in [0.4, 0.5) is 0 Å². The molecule has 1 aromatic rings. The lowest BCUT2D eigenvalue weighted by molar-refractivity contribution is -0.125. The molecule has 22 heavy (non-hydrogen) atoms. The standard InChI is InChI=1S/C15H12O7/c1-6-3-10(17)14-13(19)11-8(4-7(20-2)5-9(11)16)12(18)15(14,21-6)22-14/h3-5,13,16,19H,1-2H3/t13-,14-,15+/m1/s1. The number of benzene rings is 1. The number of aromatic hydroxyl groups is 1. The zero-order valence-electron chi connectivity index (χ0n) is 11.7. The van der Waals surface area contributed by atoms with Crippen LogP contribution in [0.5, 0.6) is 11.5 Å². The maximum absolute atomic E-state index is 12.8. The Morgan fingerprint density at radius 3 is 2.73 bits per heavy atom. The molecule has 1 aromatic carbocycles. The van der Waals surface area contributed by atoms with Crippen LogP contribution in [0.2, 0.25) is 0 Å². The number of methoxy groups -OCH3 is 1. The summed E-state index contributed by atoms with van der Waals surface area (Å²) in [6.07, 6.45) is -0.337. The molecule has 1 fully saturated rings. The summed E-state index contributed by atoms with van der Waals surface area (Å²) in [5.41, 5.74) is -1.85. The molecule has 0 radical (unpaired) electrons. The van der Waals surface area contributed by atoms with Crippen molar-refractivity contribution in [3.63, 3.8) is 0 Å². The lowest BCUT2D eigenvalue weighted by Gasteiger charge is -2.31. The molecule has 1 saturated heterocycles. The van der Waals surface area contributed by atoms with Crippen molar-refractivity contribution in [3.8, 4) is 11.5 Å². The quantitative estimate of drug-likeness (QED) is 0.732. The van der Waals surface area contributed by atoms with Crippen molar-refractivity contribution in [2.24, 2.45) is 0 Å². The topological polar surface area (TPSA) is 106 Å². The van der Waals surface area contributed by atoms with Crippen LogP contribution < -0.4 is 4.74 Å². The predicted molar refractivity (Wildman–Crippen MR) is 70.3 cm³/mol. The zero-order chi connectivity index (χ0) is 15.9. The first kappa shape index (κ1) is 13.3. The number of ketones is 2. The van der Waals surface area contributed by atoms with E-state index in [1.165, 1.54) is 32.2 Å². The van der Waals surface area contributed by atoms with Gasteiger partial charge >= 0.3 is 5.79 Å². The number of rotatable bonds is 1. The van der Waals surface area contributed by atoms with Crippen LogP contribution in [-0.2, 0) is 14.3 Å². The highest BCUT2D eigenvalue weighted by atomic mass is 16.8. The molecular weight excluding hydrogens is 292 g/mol. The van der Waals surface area contributed by atoms with E-state index in [4.69, 9.17) is 14.2 Å². The van der Waals surface area contributed by atoms with E-state index in [0.29, 0.717) is 0 Å². The first-order chi connectivity index (χ1) is 10.4. The number of hydrogen-bond donors (Lipinski definition) is 2. The number of carbonyl (C=O) groups excluding carboxylic acids is 2. The second-order valence-corrected chi connectivity index (χ2v) is 5.52. The van der Waals surface area contributed by atoms with Crippen LogP contribution in [-0.4, -0.2) is 40.3 Å². The number of fused-ring (bicyclic) bond motifs is 1. The molecular formula is C15H12O7. The van der Waals surface area contributed by atoms with Gasteiger partial charge in [0, 0.05) is 23.3 Å². The Bertz CT molecular complexity index is 780. The molecule has 7 heteroatoms. The summed E-state index contributed by atoms with van der Waals surface area (Å²) < 4.78 is 15.8. The van der Waals surface area contributed by atoms with Gasteiger partial charge in [-0.25, -0.2) is 0 Å². The van der Waals surface area contributed by atoms with Crippen molar-refractivity contribution in [1.29, 1.82) is 0 Å². The SMILES string of the molecule is COc1cc(O)c2c(c1)C(=O)[C@@]13OC(C)=CC(=O)[C@@]1(O3)[C@@H]2O. The number of aliphatic hydroxyl groups excluding tert-OH is 1. The van der Waals surface area contributed by atoms with Gasteiger partial charge in [-0.15, -0.1) is 0 Å². The largest absolute Gasteiger partial charge is 0.507 e. The predicted octanol–water partition coefficient (Wildman–Crippen LogP) is 0.599. The fraction of sp³-hybridized carbons (Fsp3) is 0.333. The van der Waals surface area contributed by atoms with Crippen LogP contribution in [0.3, 0.4) is 0 Å². The van der Waals surface area contributed by atoms with Crippen molar-refractivity contribution in [1.82, 2.24) is 0 Å². The second kappa shape index (κ2) is 3.68. The van der Waals surface area contributed by atoms with E-state index >= 15 is 0 Å². The summed E-state index contributed by atoms with van der Waals surface area (Å²) >= 11 is 0. The monoisotopic (exact) mass is 304 g/mol. The highest BCUT2D eigenvalue weighted by Gasteiger charge is 2.88. The van der Waals surface area contributed by atoms with E-state index in [1.54, 1.807) is 0 Å². The Labute approximate surface area is 124 Å². The first-order valence-electron chi connectivity index (χ1n) is 6.63. The first-order valence-corrected chi connectivity index (χ1v) is 6.63. The average Bonchev–Trinajstić information content (AvgIpc) is 3.16. The highest BCUT2D eigenvalue weighted by Crippen LogP contribution is 2.65. The van der Waals surface area contributed by atoms with Crippen LogP contribution in [0.25, 0.3) is 0 Å². The Morgan fingerprint density at radius 1 is 1.32 bits per heavy atom. The molecule has 4 rings (SSSR count). The van der Waals surface area contributed by atoms with Crippen molar-refractivity contribution in [3.05, 3.63) is 35.1 Å². The number of aliphatic hydroxyl groups is 1. The van der Waals surface area contributed by atoms with Crippen molar-refractivity contribution < 1.29 is 34.0 Å². The van der Waals surface area contributed by atoms with Gasteiger partial charge in [-0.2, -0.15) is 0 Å². The van der Waals surface area contributed by atoms with E-state index in [-0.39, 0.29) is 28.4 Å². The minimum Gasteiger partial charge on any atom is -0.507 e. The molecule has 7 nitrogen and oxygen atoms in total. The van der Waals surface area contributed by atoms with E-state index in [1.807, 2.05) is 0 Å². The normalized spacial score (nSPS) is 34.9. The van der Waals surface area contributed by atoms with Gasteiger partial charge in [0.1, 0.15) is 23.4 Å². The molecule has 2 N–H and O–H groups in total. The molecule has 1 aliphatic carbocycles. The van der Waals surface area contributed by atoms with E-state index in [2.05, 4.69) is 0 Å². The molecule has 0 spiro atoms. The number of Topliss-reactive ketones (excluding diaryl/α,β-unsaturated/α-hetero) is 1. The number of phenols is 1. The third-order valence-corrected chi connectivity index (χ3v) is 4.33. The molecule has 0 aromatic heterocycles. The fourth-order valence-electron chi connectivity index (χ4n) is 3.28. The third kappa shape index (κ3) is 1.20. The van der Waals surface area contributed by atoms with Gasteiger partial charge in [0.15, 0.2) is 0 Å². The van der Waals surface area contributed by atoms with E-state index in [9.17, 15) is 19.8 Å². The summed E-state index contributed by atoms with van der Waals surface area (Å²) in [6, 6.07) is 2.64. The molecule has 0 bridgehead atoms. The maximum atomic E-state index is 12.8. The number of phenolic OH excluding ortho intramolecular Hbond substituents is 1. The Balaban J connectivity index is 1.98. The minimum atomic E-state index is -1.85. The number of ether oxygens (including phenoxy) is 3. The second-order valence-electron chi connectivity index (χ2n) is 5.52. The summed E-state index contributed by atoms with van der Waals surface area (Å²) in [6.45, 7) is 1.52. The molecule has 0 unspecified atom stereocenters. The van der Waals surface area contributed by atoms with Crippen LogP contribution in [0, 0.1) is 0 Å². The summed E-state index contributed by atoms with van der Waals surface area (Å²) in [4.78, 5) is 25.1. The van der Waals surface area contributed by atoms with Crippen LogP contribution >= 0.6 is 0 Å². The average molecular weight is 304 g/mol. The molecule has 0 saturated carbocycles. The van der Waals surface area contributed by atoms with Crippen molar-refractivity contribution in [2.75, 3.05) is 7.11 Å². The minimum absolute atomic E-state index is 0.0139. The molecule has 0 amide bonds. The highest BCUT2D eigenvalue weighted by molar-refractivity contribution is 6.17. The summed E-state index contributed by atoms with van der Waals surface area (Å²) in [7, 11) is 1.38. The third-order valence-electron chi connectivity index (χ3n) is 4.33. The number of allylic oxidation sites excluding steroid dienone is 1. The fourth-order valence-corrected chi connectivity index (χ4v) is 3.28.